The topological polar surface area (TPSA) is 72.8 Å². The van der Waals surface area contributed by atoms with Crippen LogP contribution < -0.4 is 0 Å². The van der Waals surface area contributed by atoms with Crippen molar-refractivity contribution >= 4 is 11.9 Å². The van der Waals surface area contributed by atoms with Crippen molar-refractivity contribution in [1.29, 1.82) is 0 Å². The van der Waals surface area contributed by atoms with Gasteiger partial charge in [0.25, 0.3) is 0 Å². The summed E-state index contributed by atoms with van der Waals surface area (Å²) in [4.78, 5) is 22.2. The fourth-order valence-electron chi connectivity index (χ4n) is 1.08. The molecule has 0 aliphatic heterocycles. The van der Waals surface area contributed by atoms with Gasteiger partial charge in [0, 0.05) is 6.61 Å². The minimum atomic E-state index is -0.864. The van der Waals surface area contributed by atoms with Crippen molar-refractivity contribution in [3.8, 4) is 0 Å². The fourth-order valence-corrected chi connectivity index (χ4v) is 1.08. The Labute approximate surface area is 83.0 Å². The predicted octanol–water partition coefficient (Wildman–Crippen LogP) is 0.111. The second kappa shape index (κ2) is 7.32. The molecule has 0 aromatic carbocycles. The number of methoxy groups -OCH3 is 2. The zero-order chi connectivity index (χ0) is 11.0. The first-order chi connectivity index (χ1) is 6.67. The van der Waals surface area contributed by atoms with E-state index in [9.17, 15) is 9.59 Å². The van der Waals surface area contributed by atoms with E-state index in [4.69, 9.17) is 5.11 Å². The smallest absolute Gasteiger partial charge is 0.320 e. The molecule has 0 aliphatic carbocycles. The summed E-state index contributed by atoms with van der Waals surface area (Å²) in [6, 6.07) is 0. The number of carbonyl (C=O) groups excluding carboxylic acids is 2. The van der Waals surface area contributed by atoms with E-state index in [1.165, 1.54) is 14.2 Å². The average Bonchev–Trinajstić information content (AvgIpc) is 2.22. The van der Waals surface area contributed by atoms with E-state index in [0.29, 0.717) is 19.3 Å². The Morgan fingerprint density at radius 3 is 2.00 bits per heavy atom. The monoisotopic (exact) mass is 204 g/mol. The van der Waals surface area contributed by atoms with Crippen molar-refractivity contribution in [2.75, 3.05) is 20.8 Å². The van der Waals surface area contributed by atoms with Crippen LogP contribution in [0.3, 0.4) is 0 Å². The minimum Gasteiger partial charge on any atom is -0.468 e. The molecule has 0 amide bonds. The minimum absolute atomic E-state index is 0.0507. The van der Waals surface area contributed by atoms with E-state index in [1.807, 2.05) is 0 Å². The van der Waals surface area contributed by atoms with Crippen LogP contribution in [-0.4, -0.2) is 37.9 Å². The third-order valence-electron chi connectivity index (χ3n) is 1.87. The summed E-state index contributed by atoms with van der Waals surface area (Å²) in [6.45, 7) is 0.0507. The Hall–Kier alpha value is -1.10. The first-order valence-electron chi connectivity index (χ1n) is 4.43. The molecule has 0 aliphatic rings. The van der Waals surface area contributed by atoms with Gasteiger partial charge in [-0.1, -0.05) is 0 Å². The number of aliphatic hydroxyl groups is 1. The zero-order valence-electron chi connectivity index (χ0n) is 8.49. The Kier molecular flexibility index (Phi) is 6.74. The van der Waals surface area contributed by atoms with Gasteiger partial charge in [-0.25, -0.2) is 0 Å². The molecule has 0 bridgehead atoms. The highest BCUT2D eigenvalue weighted by Gasteiger charge is 2.27. The van der Waals surface area contributed by atoms with Crippen molar-refractivity contribution in [2.45, 2.75) is 19.3 Å². The van der Waals surface area contributed by atoms with Crippen LogP contribution in [0, 0.1) is 5.92 Å². The lowest BCUT2D eigenvalue weighted by Crippen LogP contribution is -2.26. The molecule has 0 aromatic heterocycles. The molecule has 0 radical (unpaired) electrons. The van der Waals surface area contributed by atoms with Crippen LogP contribution in [0.1, 0.15) is 19.3 Å². The Morgan fingerprint density at radius 2 is 1.64 bits per heavy atom. The van der Waals surface area contributed by atoms with E-state index in [-0.39, 0.29) is 6.61 Å². The van der Waals surface area contributed by atoms with Gasteiger partial charge in [0.2, 0.25) is 0 Å². The summed E-state index contributed by atoms with van der Waals surface area (Å²) in [7, 11) is 2.45. The van der Waals surface area contributed by atoms with E-state index in [2.05, 4.69) is 9.47 Å². The van der Waals surface area contributed by atoms with Crippen LogP contribution in [-0.2, 0) is 19.1 Å². The predicted molar refractivity (Wildman–Crippen MR) is 48.5 cm³/mol. The third kappa shape index (κ3) is 4.23. The number of hydrogen-bond donors (Lipinski definition) is 1. The molecule has 1 N–H and O–H groups in total. The molecule has 0 unspecified atom stereocenters. The number of hydrogen-bond acceptors (Lipinski definition) is 5. The van der Waals surface area contributed by atoms with Crippen LogP contribution in [0.2, 0.25) is 0 Å². The Morgan fingerprint density at radius 1 is 1.14 bits per heavy atom. The lowest BCUT2D eigenvalue weighted by molar-refractivity contribution is -0.159. The second-order valence-electron chi connectivity index (χ2n) is 2.82. The number of ether oxygens (including phenoxy) is 2. The highest BCUT2D eigenvalue weighted by molar-refractivity contribution is 5.94. The van der Waals surface area contributed by atoms with Gasteiger partial charge in [0.1, 0.15) is 0 Å². The summed E-state index contributed by atoms with van der Waals surface area (Å²) in [5.41, 5.74) is 0. The summed E-state index contributed by atoms with van der Waals surface area (Å²) in [6.07, 6.45) is 1.50. The molecule has 0 saturated heterocycles. The molecule has 0 rings (SSSR count). The zero-order valence-corrected chi connectivity index (χ0v) is 8.49. The van der Waals surface area contributed by atoms with Crippen LogP contribution >= 0.6 is 0 Å². The largest absolute Gasteiger partial charge is 0.468 e. The molecule has 5 nitrogen and oxygen atoms in total. The lowest BCUT2D eigenvalue weighted by atomic mass is 10.0. The third-order valence-corrected chi connectivity index (χ3v) is 1.87. The summed E-state index contributed by atoms with van der Waals surface area (Å²) in [5, 5.41) is 8.54. The first-order valence-corrected chi connectivity index (χ1v) is 4.43. The second-order valence-corrected chi connectivity index (χ2v) is 2.82. The van der Waals surface area contributed by atoms with Gasteiger partial charge < -0.3 is 14.6 Å². The van der Waals surface area contributed by atoms with Crippen molar-refractivity contribution in [3.63, 3.8) is 0 Å². The Balaban J connectivity index is 4.11. The maximum absolute atomic E-state index is 11.1. The Bertz CT molecular complexity index is 174. The molecule has 0 fully saturated rings. The lowest BCUT2D eigenvalue weighted by Gasteiger charge is -2.11. The summed E-state index contributed by atoms with van der Waals surface area (Å²) < 4.78 is 8.93. The van der Waals surface area contributed by atoms with Crippen molar-refractivity contribution in [3.05, 3.63) is 0 Å². The molecule has 0 aromatic rings. The number of rotatable bonds is 6. The number of carbonyl (C=O) groups is 2. The van der Waals surface area contributed by atoms with Gasteiger partial charge in [-0.15, -0.1) is 0 Å². The van der Waals surface area contributed by atoms with Gasteiger partial charge >= 0.3 is 11.9 Å². The van der Waals surface area contributed by atoms with Gasteiger partial charge in [0.15, 0.2) is 5.92 Å². The summed E-state index contributed by atoms with van der Waals surface area (Å²) >= 11 is 0. The maximum Gasteiger partial charge on any atom is 0.320 e. The quantitative estimate of drug-likeness (QED) is 0.377. The highest BCUT2D eigenvalue weighted by Crippen LogP contribution is 2.11. The van der Waals surface area contributed by atoms with Crippen molar-refractivity contribution in [2.24, 2.45) is 5.92 Å². The van der Waals surface area contributed by atoms with Gasteiger partial charge in [-0.05, 0) is 19.3 Å². The molecule has 82 valence electrons. The summed E-state index contributed by atoms with van der Waals surface area (Å²) in [5.74, 6) is -2.04. The molecule has 5 heteroatoms. The van der Waals surface area contributed by atoms with E-state index < -0.39 is 17.9 Å². The molecule has 0 spiro atoms. The van der Waals surface area contributed by atoms with E-state index >= 15 is 0 Å². The van der Waals surface area contributed by atoms with Gasteiger partial charge in [0.05, 0.1) is 14.2 Å². The molecule has 0 heterocycles. The molecule has 0 saturated carbocycles. The van der Waals surface area contributed by atoms with Crippen molar-refractivity contribution in [1.82, 2.24) is 0 Å². The number of esters is 2. The van der Waals surface area contributed by atoms with Crippen LogP contribution in [0.15, 0.2) is 0 Å². The molecule has 0 atom stereocenters. The highest BCUT2D eigenvalue weighted by atomic mass is 16.5. The van der Waals surface area contributed by atoms with E-state index in [0.717, 1.165) is 0 Å². The molecule has 14 heavy (non-hydrogen) atoms. The fraction of sp³-hybridized carbons (Fsp3) is 0.778. The van der Waals surface area contributed by atoms with Crippen LogP contribution in [0.4, 0.5) is 0 Å². The van der Waals surface area contributed by atoms with Gasteiger partial charge in [-0.2, -0.15) is 0 Å². The average molecular weight is 204 g/mol. The maximum atomic E-state index is 11.1. The number of unbranched alkanes of at least 4 members (excludes halogenated alkanes) is 1. The van der Waals surface area contributed by atoms with Crippen molar-refractivity contribution < 1.29 is 24.2 Å². The normalized spacial score (nSPS) is 10.0. The molecular formula is C9H16O5. The molecular weight excluding hydrogens is 188 g/mol. The SMILES string of the molecule is COC(=O)C(CCCCO)C(=O)OC. The number of aliphatic hydroxyl groups excluding tert-OH is 1. The van der Waals surface area contributed by atoms with E-state index in [1.54, 1.807) is 0 Å². The van der Waals surface area contributed by atoms with Crippen LogP contribution in [0.5, 0.6) is 0 Å². The standard InChI is InChI=1S/C9H16O5/c1-13-8(11)7(9(12)14-2)5-3-4-6-10/h7,10H,3-6H2,1-2H3. The van der Waals surface area contributed by atoms with Gasteiger partial charge in [-0.3, -0.25) is 9.59 Å². The van der Waals surface area contributed by atoms with Crippen LogP contribution in [0.25, 0.3) is 0 Å². The first kappa shape index (κ1) is 12.9.